The van der Waals surface area contributed by atoms with Crippen LogP contribution in [0.2, 0.25) is 0 Å². The van der Waals surface area contributed by atoms with Crippen molar-refractivity contribution in [1.29, 1.82) is 0 Å². The first-order valence-electron chi connectivity index (χ1n) is 7.05. The number of aliphatic hydroxyl groups excluding tert-OH is 1. The molecule has 1 amide bonds. The predicted molar refractivity (Wildman–Crippen MR) is 84.6 cm³/mol. The number of hydrogen-bond donors (Lipinski definition) is 2. The molecule has 5 heteroatoms. The average Bonchev–Trinajstić information content (AvgIpc) is 2.98. The molecule has 0 saturated heterocycles. The Morgan fingerprint density at radius 1 is 1.33 bits per heavy atom. The maximum atomic E-state index is 12.0. The van der Waals surface area contributed by atoms with Gasteiger partial charge in [-0.2, -0.15) is 0 Å². The number of hydrogen-bond acceptors (Lipinski definition) is 4. The fourth-order valence-electron chi connectivity index (χ4n) is 1.91. The van der Waals surface area contributed by atoms with Gasteiger partial charge in [0.2, 0.25) is 0 Å². The van der Waals surface area contributed by atoms with Gasteiger partial charge in [-0.3, -0.25) is 4.79 Å². The van der Waals surface area contributed by atoms with Gasteiger partial charge in [0.1, 0.15) is 4.88 Å². The van der Waals surface area contributed by atoms with Crippen molar-refractivity contribution in [3.8, 4) is 0 Å². The molecule has 0 radical (unpaired) electrons. The molecule has 0 bridgehead atoms. The van der Waals surface area contributed by atoms with Crippen molar-refractivity contribution in [3.05, 3.63) is 52.0 Å². The van der Waals surface area contributed by atoms with Gasteiger partial charge in [0.05, 0.1) is 17.3 Å². The molecule has 0 fully saturated rings. The highest BCUT2D eigenvalue weighted by Gasteiger charge is 2.13. The number of nitrogens with one attached hydrogen (secondary N) is 1. The number of amides is 1. The Kier molecular flexibility index (Phi) is 5.47. The summed E-state index contributed by atoms with van der Waals surface area (Å²) in [6, 6.07) is 9.45. The number of carbonyl (C=O) groups excluding carboxylic acids is 1. The minimum absolute atomic E-state index is 0.125. The summed E-state index contributed by atoms with van der Waals surface area (Å²) in [7, 11) is 0. The van der Waals surface area contributed by atoms with E-state index in [1.807, 2.05) is 30.3 Å². The summed E-state index contributed by atoms with van der Waals surface area (Å²) in [6.45, 7) is 4.54. The molecule has 1 heterocycles. The summed E-state index contributed by atoms with van der Waals surface area (Å²) in [4.78, 5) is 16.8. The molecule has 21 heavy (non-hydrogen) atoms. The van der Waals surface area contributed by atoms with E-state index in [-0.39, 0.29) is 5.91 Å². The van der Waals surface area contributed by atoms with E-state index in [9.17, 15) is 9.90 Å². The SMILES string of the molecule is CC(C)c1ncc(C(=O)NCCC(O)c2ccccc2)s1. The minimum atomic E-state index is -0.556. The van der Waals surface area contributed by atoms with Gasteiger partial charge in [-0.15, -0.1) is 11.3 Å². The maximum absolute atomic E-state index is 12.0. The van der Waals surface area contributed by atoms with E-state index >= 15 is 0 Å². The maximum Gasteiger partial charge on any atom is 0.263 e. The lowest BCUT2D eigenvalue weighted by atomic mass is 10.1. The molecule has 1 unspecified atom stereocenters. The summed E-state index contributed by atoms with van der Waals surface area (Å²) < 4.78 is 0. The molecule has 2 aromatic rings. The first-order valence-corrected chi connectivity index (χ1v) is 7.86. The van der Waals surface area contributed by atoms with Gasteiger partial charge in [-0.25, -0.2) is 4.98 Å². The molecular formula is C16H20N2O2S. The Bertz CT molecular complexity index is 581. The van der Waals surface area contributed by atoms with Crippen LogP contribution in [-0.4, -0.2) is 22.5 Å². The monoisotopic (exact) mass is 304 g/mol. The van der Waals surface area contributed by atoms with Crippen LogP contribution in [0.3, 0.4) is 0 Å². The lowest BCUT2D eigenvalue weighted by Gasteiger charge is -2.11. The summed E-state index contributed by atoms with van der Waals surface area (Å²) in [5.74, 6) is 0.205. The van der Waals surface area contributed by atoms with Crippen LogP contribution in [0.5, 0.6) is 0 Å². The second-order valence-electron chi connectivity index (χ2n) is 5.19. The highest BCUT2D eigenvalue weighted by molar-refractivity contribution is 7.13. The number of aromatic nitrogens is 1. The Morgan fingerprint density at radius 2 is 2.05 bits per heavy atom. The molecule has 0 saturated carbocycles. The van der Waals surface area contributed by atoms with Crippen molar-refractivity contribution >= 4 is 17.2 Å². The predicted octanol–water partition coefficient (Wildman–Crippen LogP) is 3.12. The first kappa shape index (κ1) is 15.7. The van der Waals surface area contributed by atoms with Gasteiger partial charge in [0.25, 0.3) is 5.91 Å². The summed E-state index contributed by atoms with van der Waals surface area (Å²) in [6.07, 6.45) is 1.55. The fourth-order valence-corrected chi connectivity index (χ4v) is 2.75. The quantitative estimate of drug-likeness (QED) is 0.862. The molecule has 0 aliphatic rings. The molecule has 1 aromatic heterocycles. The number of benzene rings is 1. The van der Waals surface area contributed by atoms with E-state index in [4.69, 9.17) is 0 Å². The van der Waals surface area contributed by atoms with Crippen LogP contribution in [0.25, 0.3) is 0 Å². The molecule has 1 aromatic carbocycles. The smallest absolute Gasteiger partial charge is 0.263 e. The van der Waals surface area contributed by atoms with Gasteiger partial charge in [-0.1, -0.05) is 44.2 Å². The molecular weight excluding hydrogens is 284 g/mol. The van der Waals surface area contributed by atoms with E-state index in [1.54, 1.807) is 6.20 Å². The van der Waals surface area contributed by atoms with Gasteiger partial charge in [0.15, 0.2) is 0 Å². The van der Waals surface area contributed by atoms with Crippen molar-refractivity contribution in [2.24, 2.45) is 0 Å². The van der Waals surface area contributed by atoms with Crippen LogP contribution < -0.4 is 5.32 Å². The molecule has 0 aliphatic heterocycles. The Hall–Kier alpha value is -1.72. The van der Waals surface area contributed by atoms with Gasteiger partial charge in [-0.05, 0) is 12.0 Å². The third kappa shape index (κ3) is 4.37. The molecule has 4 nitrogen and oxygen atoms in total. The van der Waals surface area contributed by atoms with E-state index in [0.29, 0.717) is 23.8 Å². The third-order valence-electron chi connectivity index (χ3n) is 3.13. The van der Waals surface area contributed by atoms with Crippen molar-refractivity contribution in [2.45, 2.75) is 32.3 Å². The second kappa shape index (κ2) is 7.33. The number of rotatable bonds is 6. The zero-order chi connectivity index (χ0) is 15.2. The van der Waals surface area contributed by atoms with Crippen molar-refractivity contribution < 1.29 is 9.90 Å². The number of carbonyl (C=O) groups is 1. The standard InChI is InChI=1S/C16H20N2O2S/c1-11(2)16-18-10-14(21-16)15(20)17-9-8-13(19)12-6-4-3-5-7-12/h3-7,10-11,13,19H,8-9H2,1-2H3,(H,17,20). The normalized spacial score (nSPS) is 12.4. The van der Waals surface area contributed by atoms with Crippen LogP contribution in [0.1, 0.15) is 52.5 Å². The van der Waals surface area contributed by atoms with Crippen LogP contribution >= 0.6 is 11.3 Å². The van der Waals surface area contributed by atoms with E-state index in [0.717, 1.165) is 10.6 Å². The van der Waals surface area contributed by atoms with Gasteiger partial charge >= 0.3 is 0 Å². The molecule has 1 atom stereocenters. The molecule has 0 aliphatic carbocycles. The highest BCUT2D eigenvalue weighted by atomic mass is 32.1. The average molecular weight is 304 g/mol. The number of aliphatic hydroxyl groups is 1. The fraction of sp³-hybridized carbons (Fsp3) is 0.375. The van der Waals surface area contributed by atoms with E-state index in [2.05, 4.69) is 24.1 Å². The van der Waals surface area contributed by atoms with Crippen molar-refractivity contribution in [1.82, 2.24) is 10.3 Å². The van der Waals surface area contributed by atoms with Crippen molar-refractivity contribution in [3.63, 3.8) is 0 Å². The number of thiazole rings is 1. The lowest BCUT2D eigenvalue weighted by molar-refractivity contribution is 0.0946. The molecule has 2 rings (SSSR count). The third-order valence-corrected chi connectivity index (χ3v) is 4.43. The Labute approximate surface area is 128 Å². The van der Waals surface area contributed by atoms with Gasteiger partial charge < -0.3 is 10.4 Å². The van der Waals surface area contributed by atoms with Crippen LogP contribution in [0, 0.1) is 0 Å². The largest absolute Gasteiger partial charge is 0.388 e. The van der Waals surface area contributed by atoms with Gasteiger partial charge in [0, 0.05) is 12.5 Å². The summed E-state index contributed by atoms with van der Waals surface area (Å²) >= 11 is 1.42. The van der Waals surface area contributed by atoms with Crippen LogP contribution in [0.15, 0.2) is 36.5 Å². The highest BCUT2D eigenvalue weighted by Crippen LogP contribution is 2.21. The lowest BCUT2D eigenvalue weighted by Crippen LogP contribution is -2.24. The second-order valence-corrected chi connectivity index (χ2v) is 6.25. The van der Waals surface area contributed by atoms with Crippen LogP contribution in [0.4, 0.5) is 0 Å². The van der Waals surface area contributed by atoms with E-state index in [1.165, 1.54) is 11.3 Å². The molecule has 2 N–H and O–H groups in total. The summed E-state index contributed by atoms with van der Waals surface area (Å²) in [5, 5.41) is 13.8. The Balaban J connectivity index is 1.81. The minimum Gasteiger partial charge on any atom is -0.388 e. The molecule has 0 spiro atoms. The number of nitrogens with zero attached hydrogens (tertiary/aromatic N) is 1. The van der Waals surface area contributed by atoms with E-state index < -0.39 is 6.10 Å². The topological polar surface area (TPSA) is 62.2 Å². The Morgan fingerprint density at radius 3 is 2.67 bits per heavy atom. The molecule has 112 valence electrons. The first-order chi connectivity index (χ1) is 10.1. The zero-order valence-electron chi connectivity index (χ0n) is 12.2. The zero-order valence-corrected chi connectivity index (χ0v) is 13.1. The summed E-state index contributed by atoms with van der Waals surface area (Å²) in [5.41, 5.74) is 0.867. The van der Waals surface area contributed by atoms with Crippen LogP contribution in [-0.2, 0) is 0 Å². The van der Waals surface area contributed by atoms with Crippen molar-refractivity contribution in [2.75, 3.05) is 6.54 Å².